The van der Waals surface area contributed by atoms with Gasteiger partial charge in [0.2, 0.25) is 0 Å². The summed E-state index contributed by atoms with van der Waals surface area (Å²) < 4.78 is 1.19. The highest BCUT2D eigenvalue weighted by Crippen LogP contribution is 2.32. The largest absolute Gasteiger partial charge is 0.312 e. The van der Waals surface area contributed by atoms with Crippen LogP contribution in [0.15, 0.2) is 22.8 Å². The number of halogens is 1. The second-order valence-corrected chi connectivity index (χ2v) is 6.36. The van der Waals surface area contributed by atoms with E-state index in [9.17, 15) is 0 Å². The molecule has 0 aliphatic heterocycles. The molecular weight excluding hydrogens is 308 g/mol. The zero-order valence-electron chi connectivity index (χ0n) is 11.0. The van der Waals surface area contributed by atoms with Gasteiger partial charge in [-0.2, -0.15) is 0 Å². The van der Waals surface area contributed by atoms with Crippen molar-refractivity contribution in [2.75, 3.05) is 7.05 Å². The predicted molar refractivity (Wildman–Crippen MR) is 82.2 cm³/mol. The summed E-state index contributed by atoms with van der Waals surface area (Å²) >= 11 is 5.35. The fourth-order valence-electron chi connectivity index (χ4n) is 1.83. The molecule has 4 heteroatoms. The number of hydrogen-bond donors (Lipinski definition) is 1. The van der Waals surface area contributed by atoms with Gasteiger partial charge in [-0.1, -0.05) is 15.9 Å². The van der Waals surface area contributed by atoms with Crippen molar-refractivity contribution in [2.45, 2.75) is 26.8 Å². The van der Waals surface area contributed by atoms with Crippen molar-refractivity contribution in [3.63, 3.8) is 0 Å². The third-order valence-corrected chi connectivity index (χ3v) is 5.55. The first-order valence-corrected chi connectivity index (χ1v) is 7.54. The molecule has 1 N–H and O–H groups in total. The lowest BCUT2D eigenvalue weighted by Crippen LogP contribution is -2.10. The standard InChI is InChI=1S/C14H17BrN2S/c1-8-5-11(6-9(2)13(8)15)14-17-7-12(18-14)10(3)16-4/h5-7,10,16H,1-4H3. The quantitative estimate of drug-likeness (QED) is 0.900. The number of rotatable bonds is 3. The van der Waals surface area contributed by atoms with Gasteiger partial charge in [0.15, 0.2) is 0 Å². The van der Waals surface area contributed by atoms with Crippen molar-refractivity contribution in [2.24, 2.45) is 0 Å². The van der Waals surface area contributed by atoms with Crippen molar-refractivity contribution < 1.29 is 0 Å². The summed E-state index contributed by atoms with van der Waals surface area (Å²) in [6, 6.07) is 4.72. The van der Waals surface area contributed by atoms with E-state index in [-0.39, 0.29) is 0 Å². The zero-order valence-corrected chi connectivity index (χ0v) is 13.4. The van der Waals surface area contributed by atoms with Crippen molar-refractivity contribution in [3.8, 4) is 10.6 Å². The Kier molecular flexibility index (Phi) is 4.20. The number of nitrogens with one attached hydrogen (secondary N) is 1. The molecule has 1 aromatic carbocycles. The van der Waals surface area contributed by atoms with Crippen LogP contribution in [-0.4, -0.2) is 12.0 Å². The third-order valence-electron chi connectivity index (χ3n) is 3.07. The first-order chi connectivity index (χ1) is 8.52. The van der Waals surface area contributed by atoms with Crippen LogP contribution in [0, 0.1) is 13.8 Å². The minimum Gasteiger partial charge on any atom is -0.312 e. The maximum atomic E-state index is 4.53. The van der Waals surface area contributed by atoms with Crippen LogP contribution in [0.3, 0.4) is 0 Å². The van der Waals surface area contributed by atoms with Gasteiger partial charge in [0.1, 0.15) is 5.01 Å². The predicted octanol–water partition coefficient (Wildman–Crippen LogP) is 4.47. The first-order valence-electron chi connectivity index (χ1n) is 5.93. The molecule has 0 spiro atoms. The maximum absolute atomic E-state index is 4.53. The summed E-state index contributed by atoms with van der Waals surface area (Å²) in [6.07, 6.45) is 1.97. The van der Waals surface area contributed by atoms with Crippen molar-refractivity contribution in [3.05, 3.63) is 38.8 Å². The highest BCUT2D eigenvalue weighted by Gasteiger charge is 2.11. The van der Waals surface area contributed by atoms with Crippen molar-refractivity contribution >= 4 is 27.3 Å². The van der Waals surface area contributed by atoms with Gasteiger partial charge in [0.05, 0.1) is 0 Å². The number of hydrogen-bond acceptors (Lipinski definition) is 3. The molecule has 18 heavy (non-hydrogen) atoms. The van der Waals surface area contributed by atoms with Crippen LogP contribution >= 0.6 is 27.3 Å². The van der Waals surface area contributed by atoms with E-state index < -0.39 is 0 Å². The summed E-state index contributed by atoms with van der Waals surface area (Å²) in [5.74, 6) is 0. The SMILES string of the molecule is CNC(C)c1cnc(-c2cc(C)c(Br)c(C)c2)s1. The summed E-state index contributed by atoms with van der Waals surface area (Å²) in [5.41, 5.74) is 3.71. The lowest BCUT2D eigenvalue weighted by molar-refractivity contribution is 0.662. The minimum absolute atomic E-state index is 0.355. The average Bonchev–Trinajstić information content (AvgIpc) is 2.84. The maximum Gasteiger partial charge on any atom is 0.123 e. The number of aromatic nitrogens is 1. The Morgan fingerprint density at radius 1 is 1.28 bits per heavy atom. The van der Waals surface area contributed by atoms with Crippen molar-refractivity contribution in [1.29, 1.82) is 0 Å². The summed E-state index contributed by atoms with van der Waals surface area (Å²) in [5, 5.41) is 4.33. The molecule has 0 amide bonds. The molecule has 1 aromatic heterocycles. The Bertz CT molecular complexity index is 540. The highest BCUT2D eigenvalue weighted by atomic mass is 79.9. The first kappa shape index (κ1) is 13.7. The molecule has 2 nitrogen and oxygen atoms in total. The van der Waals surface area contributed by atoms with Crippen LogP contribution in [0.1, 0.15) is 29.0 Å². The van der Waals surface area contributed by atoms with Crippen LogP contribution < -0.4 is 5.32 Å². The summed E-state index contributed by atoms with van der Waals surface area (Å²) in [4.78, 5) is 5.80. The van der Waals surface area contributed by atoms with Crippen LogP contribution in [0.25, 0.3) is 10.6 Å². The second-order valence-electron chi connectivity index (χ2n) is 4.50. The van der Waals surface area contributed by atoms with E-state index in [2.05, 4.69) is 59.1 Å². The van der Waals surface area contributed by atoms with E-state index in [1.54, 1.807) is 11.3 Å². The van der Waals surface area contributed by atoms with E-state index in [4.69, 9.17) is 0 Å². The van der Waals surface area contributed by atoms with Gasteiger partial charge < -0.3 is 5.32 Å². The Balaban J connectivity index is 2.40. The van der Waals surface area contributed by atoms with Crippen LogP contribution in [0.2, 0.25) is 0 Å². The number of aryl methyl sites for hydroxylation is 2. The monoisotopic (exact) mass is 324 g/mol. The molecular formula is C14H17BrN2S. The lowest BCUT2D eigenvalue weighted by Gasteiger charge is -2.06. The molecule has 0 radical (unpaired) electrons. The van der Waals surface area contributed by atoms with E-state index in [0.717, 1.165) is 5.01 Å². The zero-order chi connectivity index (χ0) is 13.3. The van der Waals surface area contributed by atoms with E-state index in [1.165, 1.54) is 26.0 Å². The molecule has 2 rings (SSSR count). The molecule has 0 bridgehead atoms. The third kappa shape index (κ3) is 2.66. The fourth-order valence-corrected chi connectivity index (χ4v) is 3.03. The second kappa shape index (κ2) is 5.51. The smallest absolute Gasteiger partial charge is 0.123 e. The molecule has 0 aliphatic carbocycles. The molecule has 1 unspecified atom stereocenters. The van der Waals surface area contributed by atoms with Gasteiger partial charge in [-0.15, -0.1) is 11.3 Å². The van der Waals surface area contributed by atoms with Crippen LogP contribution in [-0.2, 0) is 0 Å². The van der Waals surface area contributed by atoms with Gasteiger partial charge in [-0.05, 0) is 51.1 Å². The van der Waals surface area contributed by atoms with E-state index >= 15 is 0 Å². The van der Waals surface area contributed by atoms with Gasteiger partial charge in [-0.3, -0.25) is 0 Å². The highest BCUT2D eigenvalue weighted by molar-refractivity contribution is 9.10. The summed E-state index contributed by atoms with van der Waals surface area (Å²) in [6.45, 7) is 6.38. The number of nitrogens with zero attached hydrogens (tertiary/aromatic N) is 1. The van der Waals surface area contributed by atoms with Crippen LogP contribution in [0.5, 0.6) is 0 Å². The molecule has 96 valence electrons. The Morgan fingerprint density at radius 2 is 1.89 bits per heavy atom. The summed E-state index contributed by atoms with van der Waals surface area (Å²) in [7, 11) is 1.97. The minimum atomic E-state index is 0.355. The van der Waals surface area contributed by atoms with Gasteiger partial charge in [0.25, 0.3) is 0 Å². The Labute approximate surface area is 121 Å². The number of benzene rings is 1. The van der Waals surface area contributed by atoms with E-state index in [0.29, 0.717) is 6.04 Å². The molecule has 0 aliphatic rings. The molecule has 1 atom stereocenters. The molecule has 0 fully saturated rings. The number of thiazole rings is 1. The molecule has 2 aromatic rings. The lowest BCUT2D eigenvalue weighted by atomic mass is 10.1. The van der Waals surface area contributed by atoms with Gasteiger partial charge in [0, 0.05) is 27.2 Å². The Hall–Kier alpha value is -0.710. The van der Waals surface area contributed by atoms with Gasteiger partial charge in [-0.25, -0.2) is 4.98 Å². The molecule has 0 saturated carbocycles. The van der Waals surface area contributed by atoms with Gasteiger partial charge >= 0.3 is 0 Å². The molecule has 0 saturated heterocycles. The van der Waals surface area contributed by atoms with Crippen molar-refractivity contribution in [1.82, 2.24) is 10.3 Å². The fraction of sp³-hybridized carbons (Fsp3) is 0.357. The normalized spacial score (nSPS) is 12.7. The van der Waals surface area contributed by atoms with Crippen LogP contribution in [0.4, 0.5) is 0 Å². The van der Waals surface area contributed by atoms with E-state index in [1.807, 2.05) is 13.2 Å². The Morgan fingerprint density at radius 3 is 2.44 bits per heavy atom. The topological polar surface area (TPSA) is 24.9 Å². The molecule has 1 heterocycles. The average molecular weight is 325 g/mol.